The topological polar surface area (TPSA) is 66.9 Å². The second kappa shape index (κ2) is 8.52. The van der Waals surface area contributed by atoms with E-state index in [1.165, 1.54) is 23.9 Å². The summed E-state index contributed by atoms with van der Waals surface area (Å²) in [7, 11) is 1.92. The van der Waals surface area contributed by atoms with Crippen molar-refractivity contribution in [1.82, 2.24) is 4.90 Å². The summed E-state index contributed by atoms with van der Waals surface area (Å²) in [4.78, 5) is 41.4. The maximum absolute atomic E-state index is 13.5. The number of likely N-dealkylation sites (N-methyl/N-ethyl adjacent to an activating group) is 1. The van der Waals surface area contributed by atoms with Crippen molar-refractivity contribution in [3.63, 3.8) is 0 Å². The Morgan fingerprint density at radius 1 is 1.17 bits per heavy atom. The van der Waals surface area contributed by atoms with Crippen molar-refractivity contribution in [3.8, 4) is 0 Å². The van der Waals surface area contributed by atoms with E-state index in [-0.39, 0.29) is 22.9 Å². The quantitative estimate of drug-likeness (QED) is 0.460. The van der Waals surface area contributed by atoms with E-state index in [0.29, 0.717) is 18.6 Å². The number of amides is 1. The number of carbonyl (C=O) groups is 3. The number of ether oxygens (including phenoxy) is 1. The van der Waals surface area contributed by atoms with Crippen LogP contribution in [-0.4, -0.2) is 48.0 Å². The number of para-hydroxylation sites is 1. The lowest BCUT2D eigenvalue weighted by Gasteiger charge is -2.33. The first-order chi connectivity index (χ1) is 16.6. The first-order valence-electron chi connectivity index (χ1n) is 11.6. The molecule has 0 spiro atoms. The SMILES string of the molecule is CN1/C(=C\C(=O)COC(=O)[C@@H]2CS[C@@]3(c4ccc(F)cc4)CCC(=O)N23)C(C)(C)c2ccccc21. The van der Waals surface area contributed by atoms with Crippen molar-refractivity contribution in [2.24, 2.45) is 0 Å². The third-order valence-corrected chi connectivity index (χ3v) is 8.89. The van der Waals surface area contributed by atoms with E-state index in [9.17, 15) is 18.8 Å². The van der Waals surface area contributed by atoms with E-state index in [4.69, 9.17) is 4.74 Å². The lowest BCUT2D eigenvalue weighted by atomic mass is 9.83. The van der Waals surface area contributed by atoms with E-state index in [1.807, 2.05) is 30.1 Å². The van der Waals surface area contributed by atoms with Gasteiger partial charge in [0.25, 0.3) is 0 Å². The van der Waals surface area contributed by atoms with E-state index in [1.54, 1.807) is 23.1 Å². The number of benzene rings is 2. The highest BCUT2D eigenvalue weighted by molar-refractivity contribution is 8.00. The highest BCUT2D eigenvalue weighted by atomic mass is 32.2. The summed E-state index contributed by atoms with van der Waals surface area (Å²) in [5, 5.41) is 0. The van der Waals surface area contributed by atoms with Gasteiger partial charge in [-0.1, -0.05) is 44.2 Å². The molecule has 3 heterocycles. The third kappa shape index (κ3) is 3.75. The molecule has 6 nitrogen and oxygen atoms in total. The Kier molecular flexibility index (Phi) is 5.74. The largest absolute Gasteiger partial charge is 0.456 e. The molecule has 2 saturated heterocycles. The lowest BCUT2D eigenvalue weighted by Crippen LogP contribution is -2.47. The second-order valence-electron chi connectivity index (χ2n) is 9.69. The fraction of sp³-hybridized carbons (Fsp3) is 0.370. The molecule has 0 bridgehead atoms. The number of rotatable bonds is 5. The molecule has 2 fully saturated rings. The normalized spacial score (nSPS) is 25.7. The first kappa shape index (κ1) is 23.6. The standard InChI is InChI=1S/C27H27FN2O4S/c1-26(2)20-6-4-5-7-21(20)29(3)23(26)14-19(31)15-34-25(33)22-16-35-27(13-12-24(32)30(22)27)17-8-10-18(28)11-9-17/h4-11,14,22H,12-13,15-16H2,1-3H3/b23-14-/t22-,27+/m0/s1. The van der Waals surface area contributed by atoms with Crippen LogP contribution < -0.4 is 4.90 Å². The zero-order chi connectivity index (χ0) is 25.0. The molecule has 5 rings (SSSR count). The smallest absolute Gasteiger partial charge is 0.330 e. The van der Waals surface area contributed by atoms with Gasteiger partial charge in [0, 0.05) is 42.1 Å². The van der Waals surface area contributed by atoms with Crippen molar-refractivity contribution in [2.45, 2.75) is 43.0 Å². The summed E-state index contributed by atoms with van der Waals surface area (Å²) in [6, 6.07) is 13.3. The van der Waals surface area contributed by atoms with Crippen LogP contribution >= 0.6 is 11.8 Å². The third-order valence-electron chi connectivity index (χ3n) is 7.29. The molecule has 2 aromatic rings. The van der Waals surface area contributed by atoms with Gasteiger partial charge < -0.3 is 14.5 Å². The van der Waals surface area contributed by atoms with Crippen LogP contribution in [0.1, 0.15) is 37.8 Å². The molecule has 0 N–H and O–H groups in total. The number of halogens is 1. The average molecular weight is 495 g/mol. The first-order valence-corrected chi connectivity index (χ1v) is 12.6. The van der Waals surface area contributed by atoms with Crippen LogP contribution in [0.3, 0.4) is 0 Å². The van der Waals surface area contributed by atoms with Crippen LogP contribution in [-0.2, 0) is 29.4 Å². The van der Waals surface area contributed by atoms with Crippen LogP contribution in [0.2, 0.25) is 0 Å². The Bertz CT molecular complexity index is 1240. The number of nitrogens with zero attached hydrogens (tertiary/aromatic N) is 2. The van der Waals surface area contributed by atoms with Crippen LogP contribution in [0.15, 0.2) is 60.3 Å². The fourth-order valence-corrected chi connectivity index (χ4v) is 7.16. The number of fused-ring (bicyclic) bond motifs is 2. The molecule has 35 heavy (non-hydrogen) atoms. The van der Waals surface area contributed by atoms with Gasteiger partial charge >= 0.3 is 5.97 Å². The van der Waals surface area contributed by atoms with Crippen molar-refractivity contribution in [2.75, 3.05) is 24.3 Å². The molecule has 2 atom stereocenters. The number of hydrogen-bond donors (Lipinski definition) is 0. The predicted octanol–water partition coefficient (Wildman–Crippen LogP) is 4.14. The highest BCUT2D eigenvalue weighted by Gasteiger charge is 2.57. The van der Waals surface area contributed by atoms with E-state index in [2.05, 4.69) is 19.9 Å². The van der Waals surface area contributed by atoms with Gasteiger partial charge in [-0.15, -0.1) is 11.8 Å². The summed E-state index contributed by atoms with van der Waals surface area (Å²) in [5.41, 5.74) is 3.44. The average Bonchev–Trinajstić information content (AvgIpc) is 3.45. The Morgan fingerprint density at radius 3 is 2.60 bits per heavy atom. The molecule has 1 amide bonds. The molecule has 0 unspecified atom stereocenters. The maximum atomic E-state index is 13.5. The molecule has 182 valence electrons. The van der Waals surface area contributed by atoms with Gasteiger partial charge in [-0.25, -0.2) is 9.18 Å². The summed E-state index contributed by atoms with van der Waals surface area (Å²) < 4.78 is 18.9. The van der Waals surface area contributed by atoms with E-state index < -0.39 is 23.5 Å². The highest BCUT2D eigenvalue weighted by Crippen LogP contribution is 2.54. The number of thioether (sulfide) groups is 1. The molecular weight excluding hydrogens is 467 g/mol. The number of carbonyl (C=O) groups excluding carboxylic acids is 3. The van der Waals surface area contributed by atoms with E-state index >= 15 is 0 Å². The second-order valence-corrected chi connectivity index (χ2v) is 11.0. The Hall–Kier alpha value is -3.13. The summed E-state index contributed by atoms with van der Waals surface area (Å²) >= 11 is 1.49. The zero-order valence-corrected chi connectivity index (χ0v) is 20.7. The number of ketones is 1. The molecule has 0 aromatic heterocycles. The molecule has 8 heteroatoms. The van der Waals surface area contributed by atoms with Crippen molar-refractivity contribution < 1.29 is 23.5 Å². The van der Waals surface area contributed by atoms with E-state index in [0.717, 1.165) is 22.5 Å². The Labute approximate surface area is 208 Å². The zero-order valence-electron chi connectivity index (χ0n) is 19.9. The van der Waals surface area contributed by atoms with Gasteiger partial charge in [-0.05, 0) is 35.7 Å². The van der Waals surface area contributed by atoms with Gasteiger partial charge in [0.2, 0.25) is 5.91 Å². The summed E-state index contributed by atoms with van der Waals surface area (Å²) in [6.45, 7) is 3.73. The number of allylic oxidation sites excluding steroid dienone is 1. The molecule has 3 aliphatic rings. The summed E-state index contributed by atoms with van der Waals surface area (Å²) in [5.74, 6) is -1.04. The van der Waals surface area contributed by atoms with Gasteiger partial charge in [-0.3, -0.25) is 9.59 Å². The number of esters is 1. The van der Waals surface area contributed by atoms with Crippen LogP contribution in [0.5, 0.6) is 0 Å². The molecule has 3 aliphatic heterocycles. The maximum Gasteiger partial charge on any atom is 0.330 e. The van der Waals surface area contributed by atoms with Crippen LogP contribution in [0, 0.1) is 5.82 Å². The molecule has 0 aliphatic carbocycles. The summed E-state index contributed by atoms with van der Waals surface area (Å²) in [6.07, 6.45) is 2.39. The van der Waals surface area contributed by atoms with Gasteiger partial charge in [0.1, 0.15) is 16.7 Å². The van der Waals surface area contributed by atoms with Crippen molar-refractivity contribution in [3.05, 3.63) is 77.2 Å². The van der Waals surface area contributed by atoms with Crippen molar-refractivity contribution in [1.29, 1.82) is 0 Å². The molecular formula is C27H27FN2O4S. The minimum atomic E-state index is -0.782. The van der Waals surface area contributed by atoms with Crippen molar-refractivity contribution >= 4 is 35.1 Å². The minimum absolute atomic E-state index is 0.137. The fourth-order valence-electron chi connectivity index (χ4n) is 5.52. The molecule has 0 saturated carbocycles. The Balaban J connectivity index is 1.29. The van der Waals surface area contributed by atoms with Gasteiger partial charge in [0.15, 0.2) is 12.4 Å². The van der Waals surface area contributed by atoms with Gasteiger partial charge in [0.05, 0.1) is 0 Å². The number of anilines is 1. The van der Waals surface area contributed by atoms with Crippen LogP contribution in [0.4, 0.5) is 10.1 Å². The Morgan fingerprint density at radius 2 is 1.89 bits per heavy atom. The number of hydrogen-bond acceptors (Lipinski definition) is 6. The monoisotopic (exact) mass is 494 g/mol. The predicted molar refractivity (Wildman–Crippen MR) is 132 cm³/mol. The molecule has 2 aromatic carbocycles. The minimum Gasteiger partial charge on any atom is -0.456 e. The molecule has 0 radical (unpaired) electrons. The van der Waals surface area contributed by atoms with Gasteiger partial charge in [-0.2, -0.15) is 0 Å². The van der Waals surface area contributed by atoms with Crippen LogP contribution in [0.25, 0.3) is 0 Å². The lowest BCUT2D eigenvalue weighted by molar-refractivity contribution is -0.155.